The van der Waals surface area contributed by atoms with Gasteiger partial charge in [0.2, 0.25) is 5.91 Å². The molecule has 0 bridgehead atoms. The number of benzene rings is 1. The molecular formula is C14H18F3N2OS+. The number of alkyl halides is 3. The van der Waals surface area contributed by atoms with E-state index in [0.29, 0.717) is 17.9 Å². The second-order valence-corrected chi connectivity index (χ2v) is 5.99. The van der Waals surface area contributed by atoms with E-state index in [1.165, 1.54) is 17.8 Å². The van der Waals surface area contributed by atoms with Crippen LogP contribution in [0.5, 0.6) is 0 Å². The molecule has 21 heavy (non-hydrogen) atoms. The molecule has 0 radical (unpaired) electrons. The SMILES string of the molecule is C[NH2+]CCCN1C(=O)CS[C@H]1c1cccc(C(F)(F)F)c1. The minimum Gasteiger partial charge on any atom is -0.349 e. The number of carbonyl (C=O) groups excluding carboxylic acids is 1. The number of hydrogen-bond donors (Lipinski definition) is 1. The molecule has 7 heteroatoms. The Morgan fingerprint density at radius 1 is 1.43 bits per heavy atom. The molecule has 1 fully saturated rings. The number of thioether (sulfide) groups is 1. The fourth-order valence-corrected chi connectivity index (χ4v) is 3.51. The zero-order chi connectivity index (χ0) is 15.5. The lowest BCUT2D eigenvalue weighted by Crippen LogP contribution is -2.79. The molecule has 1 aliphatic rings. The van der Waals surface area contributed by atoms with Crippen LogP contribution < -0.4 is 5.32 Å². The fourth-order valence-electron chi connectivity index (χ4n) is 2.31. The van der Waals surface area contributed by atoms with Crippen LogP contribution in [0.15, 0.2) is 24.3 Å². The van der Waals surface area contributed by atoms with Crippen molar-refractivity contribution >= 4 is 17.7 Å². The molecule has 0 unspecified atom stereocenters. The maximum atomic E-state index is 12.8. The van der Waals surface area contributed by atoms with Crippen LogP contribution in [0.25, 0.3) is 0 Å². The van der Waals surface area contributed by atoms with Gasteiger partial charge in [-0.2, -0.15) is 13.2 Å². The first-order valence-corrected chi connectivity index (χ1v) is 7.84. The predicted molar refractivity (Wildman–Crippen MR) is 75.7 cm³/mol. The number of carbonyl (C=O) groups is 1. The number of amides is 1. The lowest BCUT2D eigenvalue weighted by atomic mass is 10.1. The summed E-state index contributed by atoms with van der Waals surface area (Å²) in [6, 6.07) is 5.26. The summed E-state index contributed by atoms with van der Waals surface area (Å²) in [6.07, 6.45) is -3.52. The van der Waals surface area contributed by atoms with Crippen molar-refractivity contribution in [2.45, 2.75) is 18.0 Å². The lowest BCUT2D eigenvalue weighted by molar-refractivity contribution is -0.627. The van der Waals surface area contributed by atoms with Gasteiger partial charge in [0.1, 0.15) is 5.37 Å². The molecule has 2 N–H and O–H groups in total. The number of nitrogens with two attached hydrogens (primary N) is 1. The standard InChI is InChI=1S/C14H17F3N2OS/c1-18-6-3-7-19-12(20)9-21-13(19)10-4-2-5-11(8-10)14(15,16)17/h2,4-5,8,13,18H,3,6-7,9H2,1H3/p+1/t13-/m0/s1. The van der Waals surface area contributed by atoms with Crippen LogP contribution in [0.3, 0.4) is 0 Å². The third-order valence-corrected chi connectivity index (χ3v) is 4.62. The van der Waals surface area contributed by atoms with E-state index in [2.05, 4.69) is 0 Å². The molecule has 116 valence electrons. The van der Waals surface area contributed by atoms with Gasteiger partial charge in [-0.15, -0.1) is 11.8 Å². The quantitative estimate of drug-likeness (QED) is 0.841. The Balaban J connectivity index is 2.17. The van der Waals surface area contributed by atoms with E-state index in [4.69, 9.17) is 0 Å². The van der Waals surface area contributed by atoms with Gasteiger partial charge in [-0.1, -0.05) is 12.1 Å². The Labute approximate surface area is 125 Å². The van der Waals surface area contributed by atoms with Crippen LogP contribution >= 0.6 is 11.8 Å². The first-order valence-electron chi connectivity index (χ1n) is 6.79. The van der Waals surface area contributed by atoms with E-state index in [-0.39, 0.29) is 11.3 Å². The van der Waals surface area contributed by atoms with Crippen molar-refractivity contribution in [3.63, 3.8) is 0 Å². The molecule has 1 amide bonds. The highest BCUT2D eigenvalue weighted by Crippen LogP contribution is 2.40. The van der Waals surface area contributed by atoms with Crippen molar-refractivity contribution in [1.82, 2.24) is 4.90 Å². The molecule has 1 aromatic carbocycles. The maximum absolute atomic E-state index is 12.8. The van der Waals surface area contributed by atoms with Crippen LogP contribution in [0, 0.1) is 0 Å². The zero-order valence-electron chi connectivity index (χ0n) is 11.7. The van der Waals surface area contributed by atoms with Gasteiger partial charge in [-0.05, 0) is 17.7 Å². The van der Waals surface area contributed by atoms with Gasteiger partial charge in [-0.3, -0.25) is 4.79 Å². The molecular weight excluding hydrogens is 301 g/mol. The zero-order valence-corrected chi connectivity index (χ0v) is 12.5. The summed E-state index contributed by atoms with van der Waals surface area (Å²) in [7, 11) is 1.95. The highest BCUT2D eigenvalue weighted by atomic mass is 32.2. The minimum absolute atomic E-state index is 0.00138. The van der Waals surface area contributed by atoms with Crippen LogP contribution in [0.2, 0.25) is 0 Å². The van der Waals surface area contributed by atoms with E-state index < -0.39 is 11.7 Å². The molecule has 1 atom stereocenters. The van der Waals surface area contributed by atoms with Gasteiger partial charge in [0.05, 0.1) is 24.9 Å². The largest absolute Gasteiger partial charge is 0.416 e. The summed E-state index contributed by atoms with van der Waals surface area (Å²) in [6.45, 7) is 1.47. The Morgan fingerprint density at radius 3 is 2.86 bits per heavy atom. The van der Waals surface area contributed by atoms with E-state index in [0.717, 1.165) is 25.1 Å². The van der Waals surface area contributed by atoms with E-state index in [1.54, 1.807) is 11.0 Å². The van der Waals surface area contributed by atoms with Crippen LogP contribution in [0.4, 0.5) is 13.2 Å². The summed E-state index contributed by atoms with van der Waals surface area (Å²) in [5.74, 6) is 0.329. The summed E-state index contributed by atoms with van der Waals surface area (Å²) in [5.41, 5.74) is -0.122. The van der Waals surface area contributed by atoms with E-state index in [9.17, 15) is 18.0 Å². The van der Waals surface area contributed by atoms with Crippen LogP contribution in [-0.4, -0.2) is 36.7 Å². The van der Waals surface area contributed by atoms with Crippen LogP contribution in [0.1, 0.15) is 22.9 Å². The first kappa shape index (κ1) is 16.2. The first-order chi connectivity index (χ1) is 9.93. The Hall–Kier alpha value is -1.21. The van der Waals surface area contributed by atoms with Crippen molar-refractivity contribution in [3.8, 4) is 0 Å². The number of hydrogen-bond acceptors (Lipinski definition) is 2. The Bertz CT molecular complexity index is 507. The Morgan fingerprint density at radius 2 is 2.19 bits per heavy atom. The molecule has 2 rings (SSSR count). The normalized spacial score (nSPS) is 19.3. The van der Waals surface area contributed by atoms with Crippen LogP contribution in [-0.2, 0) is 11.0 Å². The summed E-state index contributed by atoms with van der Waals surface area (Å²) in [5, 5.41) is 1.71. The van der Waals surface area contributed by atoms with E-state index >= 15 is 0 Å². The van der Waals surface area contributed by atoms with Crippen molar-refractivity contribution < 1.29 is 23.3 Å². The van der Waals surface area contributed by atoms with Gasteiger partial charge in [-0.25, -0.2) is 0 Å². The van der Waals surface area contributed by atoms with Gasteiger partial charge in [0, 0.05) is 13.0 Å². The molecule has 0 aromatic heterocycles. The average Bonchev–Trinajstić information content (AvgIpc) is 2.80. The Kier molecular flexibility index (Phi) is 5.16. The fraction of sp³-hybridized carbons (Fsp3) is 0.500. The predicted octanol–water partition coefficient (Wildman–Crippen LogP) is 1.86. The molecule has 1 aliphatic heterocycles. The molecule has 0 spiro atoms. The smallest absolute Gasteiger partial charge is 0.349 e. The highest BCUT2D eigenvalue weighted by molar-refractivity contribution is 8.00. The van der Waals surface area contributed by atoms with Gasteiger partial charge in [0.15, 0.2) is 0 Å². The molecule has 1 aromatic rings. The average molecular weight is 319 g/mol. The summed E-state index contributed by atoms with van der Waals surface area (Å²) in [4.78, 5) is 13.6. The lowest BCUT2D eigenvalue weighted by Gasteiger charge is -2.24. The summed E-state index contributed by atoms with van der Waals surface area (Å²) >= 11 is 1.39. The second-order valence-electron chi connectivity index (χ2n) is 4.92. The topological polar surface area (TPSA) is 36.9 Å². The maximum Gasteiger partial charge on any atom is 0.416 e. The number of rotatable bonds is 5. The summed E-state index contributed by atoms with van der Waals surface area (Å²) < 4.78 is 38.4. The highest BCUT2D eigenvalue weighted by Gasteiger charge is 2.35. The van der Waals surface area contributed by atoms with Crippen molar-refractivity contribution in [2.24, 2.45) is 0 Å². The monoisotopic (exact) mass is 319 g/mol. The second kappa shape index (κ2) is 6.70. The molecule has 3 nitrogen and oxygen atoms in total. The van der Waals surface area contributed by atoms with Crippen molar-refractivity contribution in [3.05, 3.63) is 35.4 Å². The number of nitrogens with zero attached hydrogens (tertiary/aromatic N) is 1. The van der Waals surface area contributed by atoms with Gasteiger partial charge in [0.25, 0.3) is 0 Å². The third-order valence-electron chi connectivity index (χ3n) is 3.36. The minimum atomic E-state index is -4.36. The number of quaternary nitrogens is 1. The molecule has 1 saturated heterocycles. The molecule has 0 aliphatic carbocycles. The van der Waals surface area contributed by atoms with Gasteiger partial charge < -0.3 is 10.2 Å². The molecule has 0 saturated carbocycles. The van der Waals surface area contributed by atoms with Crippen molar-refractivity contribution in [1.29, 1.82) is 0 Å². The molecule has 1 heterocycles. The third kappa shape index (κ3) is 3.91. The van der Waals surface area contributed by atoms with E-state index in [1.807, 2.05) is 12.4 Å². The number of halogens is 3. The van der Waals surface area contributed by atoms with Gasteiger partial charge >= 0.3 is 6.18 Å². The van der Waals surface area contributed by atoms with Crippen molar-refractivity contribution in [2.75, 3.05) is 25.9 Å².